The molecule has 3 heterocycles. The van der Waals surface area contributed by atoms with Gasteiger partial charge in [-0.05, 0) is 50.2 Å². The molecule has 0 radical (unpaired) electrons. The minimum absolute atomic E-state index is 0.0127. The Kier molecular flexibility index (Phi) is 7.85. The molecule has 4 N–H and O–H groups in total. The van der Waals surface area contributed by atoms with Crippen molar-refractivity contribution in [3.63, 3.8) is 0 Å². The molecule has 14 heteroatoms. The van der Waals surface area contributed by atoms with Crippen molar-refractivity contribution >= 4 is 57.8 Å². The first kappa shape index (κ1) is 27.3. The molecule has 3 aromatic rings. The molecule has 2 aliphatic rings. The van der Waals surface area contributed by atoms with Crippen LogP contribution in [0.5, 0.6) is 0 Å². The van der Waals surface area contributed by atoms with Crippen LogP contribution in [0, 0.1) is 0 Å². The zero-order chi connectivity index (χ0) is 28.4. The Morgan fingerprint density at radius 2 is 1.82 bits per heavy atom. The number of hydrogen-bond acceptors (Lipinski definition) is 7. The molecule has 0 unspecified atom stereocenters. The standard InChI is InChI=1S/C26H30ClN9O4/c1-33-9-11-34(12-10-33)26(40)29-16-5-8-19-18(13-16)24(25(28)39)32-36(19)15-23(38)35(17-6-7-17)14-22(37)31-21-4-2-3-20(27)30-21/h2-5,8,13,17H,6-7,9-12,14-15H2,1H3,(H2,28,39)(H,29,40)(H,30,31,37). The van der Waals surface area contributed by atoms with Crippen LogP contribution in [0.1, 0.15) is 23.3 Å². The van der Waals surface area contributed by atoms with Crippen molar-refractivity contribution < 1.29 is 19.2 Å². The van der Waals surface area contributed by atoms with E-state index in [0.717, 1.165) is 25.9 Å². The number of carbonyl (C=O) groups excluding carboxylic acids is 4. The number of hydrogen-bond donors (Lipinski definition) is 3. The number of rotatable bonds is 8. The Morgan fingerprint density at radius 1 is 1.07 bits per heavy atom. The molecule has 2 fully saturated rings. The molecule has 1 saturated carbocycles. The number of nitrogens with two attached hydrogens (primary N) is 1. The maximum absolute atomic E-state index is 13.3. The second-order valence-corrected chi connectivity index (χ2v) is 10.4. The van der Waals surface area contributed by atoms with E-state index in [1.165, 1.54) is 9.58 Å². The number of halogens is 1. The van der Waals surface area contributed by atoms with Crippen molar-refractivity contribution in [1.29, 1.82) is 0 Å². The van der Waals surface area contributed by atoms with E-state index in [0.29, 0.717) is 35.5 Å². The Balaban J connectivity index is 1.30. The summed E-state index contributed by atoms with van der Waals surface area (Å²) in [4.78, 5) is 60.4. The molecule has 5 amide bonds. The Morgan fingerprint density at radius 3 is 2.50 bits per heavy atom. The Hall–Kier alpha value is -4.23. The van der Waals surface area contributed by atoms with Gasteiger partial charge in [-0.15, -0.1) is 0 Å². The number of primary amides is 1. The van der Waals surface area contributed by atoms with Crippen molar-refractivity contribution in [1.82, 2.24) is 29.5 Å². The fourth-order valence-electron chi connectivity index (χ4n) is 4.61. The molecule has 0 bridgehead atoms. The predicted octanol–water partition coefficient (Wildman–Crippen LogP) is 1.59. The third-order valence-electron chi connectivity index (χ3n) is 6.92. The van der Waals surface area contributed by atoms with Gasteiger partial charge in [-0.3, -0.25) is 19.1 Å². The number of amides is 5. The average molecular weight is 568 g/mol. The number of aromatic nitrogens is 3. The van der Waals surface area contributed by atoms with Gasteiger partial charge in [0.15, 0.2) is 5.69 Å². The minimum atomic E-state index is -0.758. The summed E-state index contributed by atoms with van der Waals surface area (Å²) < 4.78 is 1.40. The second kappa shape index (κ2) is 11.5. The van der Waals surface area contributed by atoms with Gasteiger partial charge in [0.1, 0.15) is 24.1 Å². The molecule has 2 aromatic heterocycles. The minimum Gasteiger partial charge on any atom is -0.364 e. The van der Waals surface area contributed by atoms with Crippen molar-refractivity contribution in [2.24, 2.45) is 5.73 Å². The van der Waals surface area contributed by atoms with Gasteiger partial charge in [0.05, 0.1) is 5.52 Å². The van der Waals surface area contributed by atoms with E-state index >= 15 is 0 Å². The van der Waals surface area contributed by atoms with Crippen LogP contribution in [-0.4, -0.2) is 99.0 Å². The number of benzene rings is 1. The molecular formula is C26H30ClN9O4. The van der Waals surface area contributed by atoms with E-state index < -0.39 is 11.8 Å². The van der Waals surface area contributed by atoms with Gasteiger partial charge in [0, 0.05) is 43.3 Å². The summed E-state index contributed by atoms with van der Waals surface area (Å²) in [5, 5.41) is 10.5. The van der Waals surface area contributed by atoms with Crippen molar-refractivity contribution in [3.05, 3.63) is 47.2 Å². The molecule has 40 heavy (non-hydrogen) atoms. The number of likely N-dealkylation sites (N-methyl/N-ethyl adjacent to an activating group) is 1. The van der Waals surface area contributed by atoms with Crippen molar-refractivity contribution in [2.45, 2.75) is 25.4 Å². The normalized spacial score (nSPS) is 15.6. The number of anilines is 2. The summed E-state index contributed by atoms with van der Waals surface area (Å²) in [5.41, 5.74) is 6.57. The highest BCUT2D eigenvalue weighted by atomic mass is 35.5. The molecule has 1 aromatic carbocycles. The summed E-state index contributed by atoms with van der Waals surface area (Å²) in [6.45, 7) is 2.44. The Labute approximate surface area is 235 Å². The summed E-state index contributed by atoms with van der Waals surface area (Å²) in [6.07, 6.45) is 1.58. The van der Waals surface area contributed by atoms with Gasteiger partial charge in [-0.2, -0.15) is 5.10 Å². The average Bonchev–Trinajstić information content (AvgIpc) is 3.69. The van der Waals surface area contributed by atoms with Gasteiger partial charge in [-0.1, -0.05) is 17.7 Å². The molecule has 13 nitrogen and oxygen atoms in total. The summed E-state index contributed by atoms with van der Waals surface area (Å²) in [5.74, 6) is -1.20. The maximum Gasteiger partial charge on any atom is 0.321 e. The molecule has 5 rings (SSSR count). The van der Waals surface area contributed by atoms with E-state index in [-0.39, 0.29) is 41.9 Å². The smallest absolute Gasteiger partial charge is 0.321 e. The van der Waals surface area contributed by atoms with E-state index in [4.69, 9.17) is 17.3 Å². The highest BCUT2D eigenvalue weighted by molar-refractivity contribution is 6.29. The van der Waals surface area contributed by atoms with Gasteiger partial charge in [0.2, 0.25) is 11.8 Å². The first-order chi connectivity index (χ1) is 19.2. The first-order valence-electron chi connectivity index (χ1n) is 12.9. The van der Waals surface area contributed by atoms with Crippen LogP contribution in [0.2, 0.25) is 5.15 Å². The quantitative estimate of drug-likeness (QED) is 0.349. The van der Waals surface area contributed by atoms with E-state index in [1.807, 2.05) is 7.05 Å². The number of nitrogens with one attached hydrogen (secondary N) is 2. The second-order valence-electron chi connectivity index (χ2n) is 9.97. The van der Waals surface area contributed by atoms with Gasteiger partial charge >= 0.3 is 6.03 Å². The van der Waals surface area contributed by atoms with Gasteiger partial charge < -0.3 is 31.1 Å². The number of pyridine rings is 1. The molecule has 0 atom stereocenters. The zero-order valence-corrected chi connectivity index (χ0v) is 22.7. The van der Waals surface area contributed by atoms with Crippen LogP contribution in [-0.2, 0) is 16.1 Å². The third-order valence-corrected chi connectivity index (χ3v) is 7.13. The molecular weight excluding hydrogens is 538 g/mol. The summed E-state index contributed by atoms with van der Waals surface area (Å²) >= 11 is 5.89. The monoisotopic (exact) mass is 567 g/mol. The van der Waals surface area contributed by atoms with Crippen LogP contribution in [0.4, 0.5) is 16.3 Å². The molecule has 0 spiro atoms. The highest BCUT2D eigenvalue weighted by Crippen LogP contribution is 2.28. The lowest BCUT2D eigenvalue weighted by atomic mass is 10.2. The van der Waals surface area contributed by atoms with Crippen LogP contribution < -0.4 is 16.4 Å². The van der Waals surface area contributed by atoms with Crippen LogP contribution in [0.3, 0.4) is 0 Å². The van der Waals surface area contributed by atoms with E-state index in [9.17, 15) is 19.2 Å². The lowest BCUT2D eigenvalue weighted by Crippen LogP contribution is -2.48. The van der Waals surface area contributed by atoms with Crippen LogP contribution >= 0.6 is 11.6 Å². The first-order valence-corrected chi connectivity index (χ1v) is 13.3. The molecule has 1 aliphatic heterocycles. The SMILES string of the molecule is CN1CCN(C(=O)Nc2ccc3c(c2)c(C(N)=O)nn3CC(=O)N(CC(=O)Nc2cccc(Cl)n2)C2CC2)CC1. The molecule has 1 saturated heterocycles. The fraction of sp³-hybridized carbons (Fsp3) is 0.385. The van der Waals surface area contributed by atoms with Crippen LogP contribution in [0.25, 0.3) is 10.9 Å². The summed E-state index contributed by atoms with van der Waals surface area (Å²) in [6, 6.07) is 9.57. The molecule has 210 valence electrons. The Bertz CT molecular complexity index is 1460. The number of fused-ring (bicyclic) bond motifs is 1. The van der Waals surface area contributed by atoms with Gasteiger partial charge in [0.25, 0.3) is 5.91 Å². The van der Waals surface area contributed by atoms with Crippen LogP contribution in [0.15, 0.2) is 36.4 Å². The number of urea groups is 1. The third kappa shape index (κ3) is 6.32. The number of nitrogens with zero attached hydrogens (tertiary/aromatic N) is 6. The van der Waals surface area contributed by atoms with Gasteiger partial charge in [-0.25, -0.2) is 9.78 Å². The number of carbonyl (C=O) groups is 4. The predicted molar refractivity (Wildman–Crippen MR) is 149 cm³/mol. The van der Waals surface area contributed by atoms with E-state index in [2.05, 4.69) is 25.6 Å². The number of piperazine rings is 1. The van der Waals surface area contributed by atoms with Crippen molar-refractivity contribution in [2.75, 3.05) is 50.4 Å². The maximum atomic E-state index is 13.3. The lowest BCUT2D eigenvalue weighted by molar-refractivity contribution is -0.135. The zero-order valence-electron chi connectivity index (χ0n) is 22.0. The highest BCUT2D eigenvalue weighted by Gasteiger charge is 2.34. The molecule has 1 aliphatic carbocycles. The topological polar surface area (TPSA) is 159 Å². The van der Waals surface area contributed by atoms with Crippen molar-refractivity contribution in [3.8, 4) is 0 Å². The largest absolute Gasteiger partial charge is 0.364 e. The summed E-state index contributed by atoms with van der Waals surface area (Å²) in [7, 11) is 2.01. The lowest BCUT2D eigenvalue weighted by Gasteiger charge is -2.32. The van der Waals surface area contributed by atoms with E-state index in [1.54, 1.807) is 41.3 Å². The fourth-order valence-corrected chi connectivity index (χ4v) is 4.78.